The lowest BCUT2D eigenvalue weighted by Crippen LogP contribution is -2.39. The van der Waals surface area contributed by atoms with Gasteiger partial charge in [0.15, 0.2) is 5.82 Å². The minimum Gasteiger partial charge on any atom is -0.333 e. The maximum Gasteiger partial charge on any atom is 0.274 e. The van der Waals surface area contributed by atoms with Crippen molar-refractivity contribution < 1.29 is 9.59 Å². The van der Waals surface area contributed by atoms with Crippen LogP contribution in [-0.4, -0.2) is 54.9 Å². The number of amides is 2. The number of carbonyl (C=O) groups excluding carboxylic acids is 2. The third kappa shape index (κ3) is 3.88. The second-order valence-electron chi connectivity index (χ2n) is 8.26. The molecular weight excluding hydrogens is 368 g/mol. The lowest BCUT2D eigenvalue weighted by Gasteiger charge is -2.34. The molecule has 2 aromatic rings. The van der Waals surface area contributed by atoms with Gasteiger partial charge in [0.25, 0.3) is 5.91 Å². The molecule has 8 heteroatoms. The topological polar surface area (TPSA) is 95.1 Å². The van der Waals surface area contributed by atoms with Gasteiger partial charge in [-0.15, -0.1) is 0 Å². The number of fused-ring (bicyclic) bond motifs is 1. The van der Waals surface area contributed by atoms with E-state index in [1.807, 2.05) is 17.2 Å². The van der Waals surface area contributed by atoms with Crippen LogP contribution in [-0.2, 0) is 17.8 Å². The standard InChI is InChI=1S/C21H28N6O2/c1-13(2)17-10-18(25-24-17)21(29)26-9-7-16-15(12-26)11-22-20(23-16)19-6-4-5-8-27(19)14(3)28/h10-11,13,19H,4-9,12H2,1-3H3,(H,24,25)/t19-/m1/s1. The van der Waals surface area contributed by atoms with Gasteiger partial charge in [0, 0.05) is 50.4 Å². The van der Waals surface area contributed by atoms with E-state index in [9.17, 15) is 9.59 Å². The molecule has 154 valence electrons. The molecule has 8 nitrogen and oxygen atoms in total. The number of carbonyl (C=O) groups is 2. The minimum absolute atomic E-state index is 0.0373. The molecule has 1 fully saturated rings. The summed E-state index contributed by atoms with van der Waals surface area (Å²) in [5.74, 6) is 1.03. The lowest BCUT2D eigenvalue weighted by molar-refractivity contribution is -0.132. The highest BCUT2D eigenvalue weighted by Crippen LogP contribution is 2.30. The molecule has 1 saturated heterocycles. The molecule has 0 bridgehead atoms. The molecule has 2 amide bonds. The number of nitrogens with zero attached hydrogens (tertiary/aromatic N) is 5. The Kier molecular flexibility index (Phi) is 5.34. The van der Waals surface area contributed by atoms with Gasteiger partial charge in [-0.1, -0.05) is 13.8 Å². The van der Waals surface area contributed by atoms with Gasteiger partial charge >= 0.3 is 0 Å². The van der Waals surface area contributed by atoms with Crippen molar-refractivity contribution in [1.82, 2.24) is 30.0 Å². The average molecular weight is 396 g/mol. The zero-order valence-electron chi connectivity index (χ0n) is 17.3. The minimum atomic E-state index is -0.0714. The third-order valence-electron chi connectivity index (χ3n) is 5.88. The zero-order valence-corrected chi connectivity index (χ0v) is 17.3. The van der Waals surface area contributed by atoms with E-state index in [0.717, 1.165) is 48.6 Å². The molecule has 0 unspecified atom stereocenters. The van der Waals surface area contributed by atoms with Crippen LogP contribution in [0.15, 0.2) is 12.3 Å². The molecule has 0 spiro atoms. The van der Waals surface area contributed by atoms with Crippen molar-refractivity contribution >= 4 is 11.8 Å². The maximum atomic E-state index is 12.8. The number of aromatic nitrogens is 4. The average Bonchev–Trinajstić information content (AvgIpc) is 3.23. The second kappa shape index (κ2) is 7.93. The maximum absolute atomic E-state index is 12.8. The molecule has 1 N–H and O–H groups in total. The van der Waals surface area contributed by atoms with E-state index in [-0.39, 0.29) is 17.9 Å². The summed E-state index contributed by atoms with van der Waals surface area (Å²) in [4.78, 5) is 37.9. The van der Waals surface area contributed by atoms with E-state index < -0.39 is 0 Å². The van der Waals surface area contributed by atoms with Crippen LogP contribution >= 0.6 is 0 Å². The SMILES string of the molecule is CC(=O)N1CCCC[C@@H]1c1ncc2c(n1)CCN(C(=O)c1cc(C(C)C)[nH]n1)C2. The van der Waals surface area contributed by atoms with Crippen molar-refractivity contribution in [1.29, 1.82) is 0 Å². The lowest BCUT2D eigenvalue weighted by atomic mass is 10.0. The molecule has 0 saturated carbocycles. The molecule has 1 atom stereocenters. The van der Waals surface area contributed by atoms with E-state index in [0.29, 0.717) is 31.1 Å². The van der Waals surface area contributed by atoms with Crippen molar-refractivity contribution in [3.05, 3.63) is 40.7 Å². The number of rotatable bonds is 3. The number of aromatic amines is 1. The van der Waals surface area contributed by atoms with E-state index in [4.69, 9.17) is 4.98 Å². The Morgan fingerprint density at radius 1 is 1.24 bits per heavy atom. The Morgan fingerprint density at radius 2 is 2.07 bits per heavy atom. The van der Waals surface area contributed by atoms with Crippen LogP contribution in [0.4, 0.5) is 0 Å². The summed E-state index contributed by atoms with van der Waals surface area (Å²) in [6, 6.07) is 1.80. The zero-order chi connectivity index (χ0) is 20.5. The second-order valence-corrected chi connectivity index (χ2v) is 8.26. The van der Waals surface area contributed by atoms with E-state index in [1.54, 1.807) is 11.8 Å². The van der Waals surface area contributed by atoms with Crippen molar-refractivity contribution in [2.24, 2.45) is 0 Å². The molecular formula is C21H28N6O2. The van der Waals surface area contributed by atoms with Crippen LogP contribution in [0.3, 0.4) is 0 Å². The number of hydrogen-bond donors (Lipinski definition) is 1. The van der Waals surface area contributed by atoms with Crippen LogP contribution in [0.2, 0.25) is 0 Å². The van der Waals surface area contributed by atoms with E-state index in [2.05, 4.69) is 29.0 Å². The molecule has 0 aromatic carbocycles. The Balaban J connectivity index is 1.50. The molecule has 4 rings (SSSR count). The molecule has 0 radical (unpaired) electrons. The van der Waals surface area contributed by atoms with Crippen LogP contribution < -0.4 is 0 Å². The molecule has 2 aliphatic heterocycles. The van der Waals surface area contributed by atoms with E-state index in [1.165, 1.54) is 0 Å². The Morgan fingerprint density at radius 3 is 2.79 bits per heavy atom. The largest absolute Gasteiger partial charge is 0.333 e. The highest BCUT2D eigenvalue weighted by molar-refractivity contribution is 5.92. The van der Waals surface area contributed by atoms with Crippen LogP contribution in [0.1, 0.15) is 85.3 Å². The van der Waals surface area contributed by atoms with Gasteiger partial charge in [-0.25, -0.2) is 9.97 Å². The highest BCUT2D eigenvalue weighted by Gasteiger charge is 2.30. The summed E-state index contributed by atoms with van der Waals surface area (Å²) >= 11 is 0. The highest BCUT2D eigenvalue weighted by atomic mass is 16.2. The first-order valence-electron chi connectivity index (χ1n) is 10.4. The molecule has 0 aliphatic carbocycles. The fraction of sp³-hybridized carbons (Fsp3) is 0.571. The number of nitrogens with one attached hydrogen (secondary N) is 1. The molecule has 2 aliphatic rings. The summed E-state index contributed by atoms with van der Waals surface area (Å²) in [7, 11) is 0. The van der Waals surface area contributed by atoms with Gasteiger partial charge in [-0.05, 0) is 31.2 Å². The van der Waals surface area contributed by atoms with Gasteiger partial charge in [0.05, 0.1) is 11.7 Å². The van der Waals surface area contributed by atoms with Crippen LogP contribution in [0, 0.1) is 0 Å². The number of likely N-dealkylation sites (tertiary alicyclic amines) is 1. The summed E-state index contributed by atoms with van der Waals surface area (Å²) in [5, 5.41) is 7.13. The normalized spacial score (nSPS) is 19.4. The molecule has 2 aromatic heterocycles. The van der Waals surface area contributed by atoms with Crippen molar-refractivity contribution in [2.75, 3.05) is 13.1 Å². The fourth-order valence-electron chi connectivity index (χ4n) is 4.15. The van der Waals surface area contributed by atoms with Crippen LogP contribution in [0.5, 0.6) is 0 Å². The molecule has 29 heavy (non-hydrogen) atoms. The van der Waals surface area contributed by atoms with Crippen LogP contribution in [0.25, 0.3) is 0 Å². The first kappa shape index (κ1) is 19.5. The van der Waals surface area contributed by atoms with Gasteiger partial charge in [-0.2, -0.15) is 5.10 Å². The predicted molar refractivity (Wildman–Crippen MR) is 107 cm³/mol. The summed E-state index contributed by atoms with van der Waals surface area (Å²) < 4.78 is 0. The monoisotopic (exact) mass is 396 g/mol. The number of H-pyrrole nitrogens is 1. The quantitative estimate of drug-likeness (QED) is 0.860. The van der Waals surface area contributed by atoms with E-state index >= 15 is 0 Å². The Hall–Kier alpha value is -2.77. The Bertz CT molecular complexity index is 922. The summed E-state index contributed by atoms with van der Waals surface area (Å²) in [6.45, 7) is 7.60. The van der Waals surface area contributed by atoms with Gasteiger partial charge in [0.1, 0.15) is 5.69 Å². The fourth-order valence-corrected chi connectivity index (χ4v) is 4.15. The van der Waals surface area contributed by atoms with Gasteiger partial charge < -0.3 is 9.80 Å². The van der Waals surface area contributed by atoms with Crippen molar-refractivity contribution in [2.45, 2.75) is 65.0 Å². The summed E-state index contributed by atoms with van der Waals surface area (Å²) in [6.07, 6.45) is 5.53. The number of hydrogen-bond acceptors (Lipinski definition) is 5. The van der Waals surface area contributed by atoms with Gasteiger partial charge in [0.2, 0.25) is 5.91 Å². The van der Waals surface area contributed by atoms with Gasteiger partial charge in [-0.3, -0.25) is 14.7 Å². The number of piperidine rings is 1. The van der Waals surface area contributed by atoms with Crippen molar-refractivity contribution in [3.63, 3.8) is 0 Å². The molecule has 4 heterocycles. The summed E-state index contributed by atoms with van der Waals surface area (Å²) in [5.41, 5.74) is 3.37. The van der Waals surface area contributed by atoms with Crippen molar-refractivity contribution in [3.8, 4) is 0 Å². The first-order chi connectivity index (χ1) is 13.9. The predicted octanol–water partition coefficient (Wildman–Crippen LogP) is 2.60. The smallest absolute Gasteiger partial charge is 0.274 e. The third-order valence-corrected chi connectivity index (χ3v) is 5.88. The Labute approximate surface area is 170 Å². The first-order valence-corrected chi connectivity index (χ1v) is 10.4.